The van der Waals surface area contributed by atoms with Crippen molar-refractivity contribution < 1.29 is 9.53 Å². The fraction of sp³-hybridized carbons (Fsp3) is 0.804. The zero-order valence-electron chi connectivity index (χ0n) is 32.6. The minimum Gasteiger partial charge on any atom is -0.462 e. The number of fused-ring (bicyclic) bond motifs is 5. The van der Waals surface area contributed by atoms with Gasteiger partial charge < -0.3 is 4.74 Å². The van der Waals surface area contributed by atoms with E-state index >= 15 is 0 Å². The minimum absolute atomic E-state index is 0.0534. The van der Waals surface area contributed by atoms with Gasteiger partial charge in [0, 0.05) is 6.42 Å². The van der Waals surface area contributed by atoms with E-state index < -0.39 is 0 Å². The van der Waals surface area contributed by atoms with Crippen molar-refractivity contribution in [1.29, 1.82) is 0 Å². The van der Waals surface area contributed by atoms with Gasteiger partial charge in [-0.2, -0.15) is 0 Å². The lowest BCUT2D eigenvalue weighted by molar-refractivity contribution is -0.155. The molecule has 48 heavy (non-hydrogen) atoms. The molecular formula is C46H76O2. The first-order valence-electron chi connectivity index (χ1n) is 21.0. The number of unbranched alkanes of at least 4 members (excludes halogenated alkanes) is 8. The number of ether oxygens (including phenoxy) is 1. The molecule has 272 valence electrons. The zero-order chi connectivity index (χ0) is 34.6. The summed E-state index contributed by atoms with van der Waals surface area (Å²) in [6, 6.07) is 0. The SMILES string of the molecule is CCCCC/C=C\C/C=C\CCCCCCCC(=O)O[C@H]1CC[C@@]2(C)C(CC=C3C2CC[C@@]2(C)C3CC[C@@H]2[C@H](C)C=C[C@H](C)C(C)C)C1. The van der Waals surface area contributed by atoms with Crippen LogP contribution in [0.1, 0.15) is 177 Å². The first-order valence-corrected chi connectivity index (χ1v) is 21.0. The molecule has 4 aliphatic rings. The summed E-state index contributed by atoms with van der Waals surface area (Å²) in [5, 5.41) is 0. The van der Waals surface area contributed by atoms with Crippen molar-refractivity contribution in [3.8, 4) is 0 Å². The summed E-state index contributed by atoms with van der Waals surface area (Å²) in [7, 11) is 0. The van der Waals surface area contributed by atoms with Crippen molar-refractivity contribution in [1.82, 2.24) is 0 Å². The number of hydrogen-bond acceptors (Lipinski definition) is 2. The Morgan fingerprint density at radius 2 is 1.48 bits per heavy atom. The van der Waals surface area contributed by atoms with Gasteiger partial charge in [0.25, 0.3) is 0 Å². The van der Waals surface area contributed by atoms with Gasteiger partial charge in [-0.25, -0.2) is 0 Å². The van der Waals surface area contributed by atoms with E-state index in [1.165, 1.54) is 89.9 Å². The smallest absolute Gasteiger partial charge is 0.306 e. The lowest BCUT2D eigenvalue weighted by Crippen LogP contribution is -2.50. The van der Waals surface area contributed by atoms with Crippen LogP contribution in [-0.4, -0.2) is 12.1 Å². The molecule has 3 fully saturated rings. The third-order valence-corrected chi connectivity index (χ3v) is 14.1. The molecule has 0 saturated heterocycles. The second-order valence-corrected chi connectivity index (χ2v) is 17.7. The third kappa shape index (κ3) is 10.2. The highest BCUT2D eigenvalue weighted by atomic mass is 16.5. The molecule has 0 heterocycles. The van der Waals surface area contributed by atoms with Gasteiger partial charge in [0.2, 0.25) is 0 Å². The summed E-state index contributed by atoms with van der Waals surface area (Å²) >= 11 is 0. The largest absolute Gasteiger partial charge is 0.462 e. The highest BCUT2D eigenvalue weighted by Crippen LogP contribution is 2.67. The molecular weight excluding hydrogens is 585 g/mol. The second-order valence-electron chi connectivity index (χ2n) is 17.7. The van der Waals surface area contributed by atoms with E-state index in [1.807, 2.05) is 5.57 Å². The van der Waals surface area contributed by atoms with Crippen LogP contribution in [-0.2, 0) is 9.53 Å². The quantitative estimate of drug-likeness (QED) is 0.0783. The van der Waals surface area contributed by atoms with Crippen molar-refractivity contribution in [3.05, 3.63) is 48.1 Å². The van der Waals surface area contributed by atoms with E-state index in [2.05, 4.69) is 91.0 Å². The Balaban J connectivity index is 1.15. The summed E-state index contributed by atoms with van der Waals surface area (Å²) in [5.74, 6) is 5.07. The number of rotatable bonds is 19. The Hall–Kier alpha value is -1.57. The molecule has 0 amide bonds. The molecule has 4 aliphatic carbocycles. The molecule has 2 heteroatoms. The number of hydrogen-bond donors (Lipinski definition) is 0. The maximum Gasteiger partial charge on any atom is 0.306 e. The molecule has 3 unspecified atom stereocenters. The van der Waals surface area contributed by atoms with E-state index in [1.54, 1.807) is 0 Å². The molecule has 0 bridgehead atoms. The highest BCUT2D eigenvalue weighted by molar-refractivity contribution is 5.69. The molecule has 0 aromatic rings. The van der Waals surface area contributed by atoms with E-state index in [-0.39, 0.29) is 12.1 Å². The van der Waals surface area contributed by atoms with Crippen LogP contribution < -0.4 is 0 Å². The van der Waals surface area contributed by atoms with Crippen molar-refractivity contribution in [2.24, 2.45) is 52.3 Å². The number of esters is 1. The van der Waals surface area contributed by atoms with Crippen LogP contribution in [0.3, 0.4) is 0 Å². The fourth-order valence-corrected chi connectivity index (χ4v) is 10.5. The summed E-state index contributed by atoms with van der Waals surface area (Å²) in [6.07, 6.45) is 41.2. The lowest BCUT2D eigenvalue weighted by Gasteiger charge is -2.58. The third-order valence-electron chi connectivity index (χ3n) is 14.1. The van der Waals surface area contributed by atoms with Gasteiger partial charge in [0.1, 0.15) is 6.10 Å². The predicted octanol–water partition coefficient (Wildman–Crippen LogP) is 13.8. The predicted molar refractivity (Wildman–Crippen MR) is 207 cm³/mol. The maximum absolute atomic E-state index is 12.8. The first-order chi connectivity index (χ1) is 23.1. The first kappa shape index (κ1) is 39.2. The van der Waals surface area contributed by atoms with Crippen LogP contribution in [0, 0.1) is 52.3 Å². The second kappa shape index (κ2) is 19.2. The van der Waals surface area contributed by atoms with Gasteiger partial charge in [0.15, 0.2) is 0 Å². The topological polar surface area (TPSA) is 26.3 Å². The van der Waals surface area contributed by atoms with Crippen molar-refractivity contribution >= 4 is 5.97 Å². The molecule has 2 nitrogen and oxygen atoms in total. The van der Waals surface area contributed by atoms with Gasteiger partial charge in [-0.15, -0.1) is 0 Å². The van der Waals surface area contributed by atoms with Crippen LogP contribution in [0.15, 0.2) is 48.1 Å². The Morgan fingerprint density at radius 1 is 0.812 bits per heavy atom. The molecule has 3 saturated carbocycles. The van der Waals surface area contributed by atoms with Gasteiger partial charge >= 0.3 is 5.97 Å². The zero-order valence-corrected chi connectivity index (χ0v) is 32.6. The molecule has 0 radical (unpaired) electrons. The van der Waals surface area contributed by atoms with E-state index in [9.17, 15) is 4.79 Å². The lowest BCUT2D eigenvalue weighted by atomic mass is 9.47. The molecule has 0 aromatic heterocycles. The van der Waals surface area contributed by atoms with E-state index in [0.29, 0.717) is 40.9 Å². The number of allylic oxidation sites excluding steroid dienone is 8. The molecule has 9 atom stereocenters. The average Bonchev–Trinajstić information content (AvgIpc) is 3.42. The summed E-state index contributed by atoms with van der Waals surface area (Å²) in [4.78, 5) is 12.8. The van der Waals surface area contributed by atoms with E-state index in [4.69, 9.17) is 4.74 Å². The number of carbonyl (C=O) groups is 1. The monoisotopic (exact) mass is 661 g/mol. The van der Waals surface area contributed by atoms with Crippen LogP contribution >= 0.6 is 0 Å². The van der Waals surface area contributed by atoms with Crippen LogP contribution in [0.4, 0.5) is 0 Å². The molecule has 0 aliphatic heterocycles. The Morgan fingerprint density at radius 3 is 2.21 bits per heavy atom. The highest BCUT2D eigenvalue weighted by Gasteiger charge is 2.58. The van der Waals surface area contributed by atoms with Gasteiger partial charge in [-0.05, 0) is 142 Å². The normalized spacial score (nSPS) is 33.2. The fourth-order valence-electron chi connectivity index (χ4n) is 10.5. The van der Waals surface area contributed by atoms with Crippen LogP contribution in [0.5, 0.6) is 0 Å². The molecule has 0 spiro atoms. The standard InChI is InChI=1S/C46H76O2/c1-8-9-10-11-12-13-14-15-16-17-18-19-20-21-22-23-44(47)48-39-30-32-45(6)38(34-39)26-27-40-42-29-28-41(46(42,7)33-31-43(40)45)37(5)25-24-36(4)35(2)3/h12-13,15-16,24-25,27,35-39,41-43H,8-11,14,17-23,26,28-34H2,1-7H3/b13-12-,16-15-,25-24?/t36-,37+,38?,39-,41+,42?,43?,45-,46+/m0/s1. The summed E-state index contributed by atoms with van der Waals surface area (Å²) in [6.45, 7) is 17.1. The summed E-state index contributed by atoms with van der Waals surface area (Å²) < 4.78 is 6.14. The van der Waals surface area contributed by atoms with Crippen molar-refractivity contribution in [2.75, 3.05) is 0 Å². The summed E-state index contributed by atoms with van der Waals surface area (Å²) in [5.41, 5.74) is 2.67. The maximum atomic E-state index is 12.8. The Bertz CT molecular complexity index is 1090. The minimum atomic E-state index is 0.0534. The molecule has 0 N–H and O–H groups in total. The van der Waals surface area contributed by atoms with Gasteiger partial charge in [-0.1, -0.05) is 129 Å². The van der Waals surface area contributed by atoms with Crippen LogP contribution in [0.2, 0.25) is 0 Å². The van der Waals surface area contributed by atoms with Crippen LogP contribution in [0.25, 0.3) is 0 Å². The Labute approximate surface area is 298 Å². The number of carbonyl (C=O) groups excluding carboxylic acids is 1. The van der Waals surface area contributed by atoms with E-state index in [0.717, 1.165) is 49.9 Å². The molecule has 0 aromatic carbocycles. The molecule has 4 rings (SSSR count). The van der Waals surface area contributed by atoms with Crippen molar-refractivity contribution in [3.63, 3.8) is 0 Å². The van der Waals surface area contributed by atoms with Crippen molar-refractivity contribution in [2.45, 2.75) is 183 Å². The van der Waals surface area contributed by atoms with Gasteiger partial charge in [0.05, 0.1) is 0 Å². The Kier molecular flexibility index (Phi) is 15.6. The average molecular weight is 661 g/mol. The van der Waals surface area contributed by atoms with Gasteiger partial charge in [-0.3, -0.25) is 4.79 Å².